The minimum absolute atomic E-state index is 0.408. The van der Waals surface area contributed by atoms with Crippen LogP contribution in [0.5, 0.6) is 0 Å². The van der Waals surface area contributed by atoms with Gasteiger partial charge in [-0.2, -0.15) is 0 Å². The van der Waals surface area contributed by atoms with Crippen LogP contribution in [-0.4, -0.2) is 6.04 Å². The van der Waals surface area contributed by atoms with Crippen molar-refractivity contribution in [2.24, 2.45) is 5.84 Å². The van der Waals surface area contributed by atoms with Crippen molar-refractivity contribution in [3.8, 4) is 12.3 Å². The molecule has 0 saturated carbocycles. The van der Waals surface area contributed by atoms with Crippen molar-refractivity contribution in [1.82, 2.24) is 5.43 Å². The van der Waals surface area contributed by atoms with Crippen molar-refractivity contribution < 1.29 is 0 Å². The van der Waals surface area contributed by atoms with Gasteiger partial charge in [-0.25, -0.2) is 0 Å². The molecule has 0 bridgehead atoms. The number of hydrazine groups is 1. The molecule has 0 radical (unpaired) electrons. The maximum absolute atomic E-state index is 5.34. The largest absolute Gasteiger partial charge is 0.271 e. The maximum Gasteiger partial charge on any atom is 0.0219 e. The second-order valence-corrected chi connectivity index (χ2v) is 2.75. The molecule has 0 rings (SSSR count). The van der Waals surface area contributed by atoms with Crippen LogP contribution in [0, 0.1) is 12.3 Å². The lowest BCUT2D eigenvalue weighted by Crippen LogP contribution is -2.34. The second-order valence-electron chi connectivity index (χ2n) is 2.75. The van der Waals surface area contributed by atoms with Crippen LogP contribution < -0.4 is 11.3 Å². The molecule has 0 aromatic rings. The first-order valence-electron chi connectivity index (χ1n) is 4.24. The van der Waals surface area contributed by atoms with Gasteiger partial charge < -0.3 is 0 Å². The van der Waals surface area contributed by atoms with E-state index in [0.717, 1.165) is 19.3 Å². The molecule has 0 aromatic heterocycles. The Morgan fingerprint density at radius 1 is 1.55 bits per heavy atom. The standard InChI is InChI=1S/C9H18N2/c1-3-5-7-9(11-10)8-6-4-2/h1,9,11H,4-8,10H2,2H3. The normalized spacial score (nSPS) is 12.5. The average Bonchev–Trinajstić information content (AvgIpc) is 2.05. The molecule has 2 heteroatoms. The lowest BCUT2D eigenvalue weighted by Gasteiger charge is -2.12. The number of terminal acetylenes is 1. The zero-order valence-electron chi connectivity index (χ0n) is 7.27. The van der Waals surface area contributed by atoms with E-state index in [1.54, 1.807) is 0 Å². The van der Waals surface area contributed by atoms with Gasteiger partial charge in [-0.3, -0.25) is 11.3 Å². The molecule has 0 saturated heterocycles. The van der Waals surface area contributed by atoms with Gasteiger partial charge in [-0.05, 0) is 12.8 Å². The lowest BCUT2D eigenvalue weighted by molar-refractivity contribution is 0.454. The molecule has 0 fully saturated rings. The number of rotatable bonds is 6. The molecular formula is C9H18N2. The van der Waals surface area contributed by atoms with Gasteiger partial charge in [-0.15, -0.1) is 12.3 Å². The third kappa shape index (κ3) is 5.90. The van der Waals surface area contributed by atoms with E-state index in [9.17, 15) is 0 Å². The van der Waals surface area contributed by atoms with Gasteiger partial charge in [0.25, 0.3) is 0 Å². The number of nitrogens with one attached hydrogen (secondary N) is 1. The topological polar surface area (TPSA) is 38.0 Å². The summed E-state index contributed by atoms with van der Waals surface area (Å²) < 4.78 is 0. The Hall–Kier alpha value is -0.520. The molecule has 3 N–H and O–H groups in total. The smallest absolute Gasteiger partial charge is 0.0219 e. The van der Waals surface area contributed by atoms with Crippen LogP contribution in [0.2, 0.25) is 0 Å². The van der Waals surface area contributed by atoms with Gasteiger partial charge in [-0.1, -0.05) is 19.8 Å². The summed E-state index contributed by atoms with van der Waals surface area (Å²) >= 11 is 0. The molecule has 0 aliphatic heterocycles. The van der Waals surface area contributed by atoms with Crippen molar-refractivity contribution in [2.75, 3.05) is 0 Å². The highest BCUT2D eigenvalue weighted by atomic mass is 15.2. The monoisotopic (exact) mass is 154 g/mol. The predicted octanol–water partition coefficient (Wildman–Crippen LogP) is 1.42. The summed E-state index contributed by atoms with van der Waals surface area (Å²) in [6.07, 6.45) is 10.5. The molecule has 0 amide bonds. The number of hydrogen-bond donors (Lipinski definition) is 2. The summed E-state index contributed by atoms with van der Waals surface area (Å²) in [5.74, 6) is 7.95. The highest BCUT2D eigenvalue weighted by Gasteiger charge is 2.03. The van der Waals surface area contributed by atoms with Gasteiger partial charge in [0.05, 0.1) is 0 Å². The Balaban J connectivity index is 3.34. The summed E-state index contributed by atoms with van der Waals surface area (Å²) in [7, 11) is 0. The highest BCUT2D eigenvalue weighted by molar-refractivity contribution is 4.85. The van der Waals surface area contributed by atoms with Crippen LogP contribution in [0.4, 0.5) is 0 Å². The molecule has 0 aliphatic carbocycles. The van der Waals surface area contributed by atoms with E-state index < -0.39 is 0 Å². The van der Waals surface area contributed by atoms with Gasteiger partial charge in [0.15, 0.2) is 0 Å². The molecule has 0 aliphatic rings. The average molecular weight is 154 g/mol. The molecular weight excluding hydrogens is 136 g/mol. The van der Waals surface area contributed by atoms with E-state index in [-0.39, 0.29) is 0 Å². The summed E-state index contributed by atoms with van der Waals surface area (Å²) in [5, 5.41) is 0. The van der Waals surface area contributed by atoms with Crippen molar-refractivity contribution in [3.05, 3.63) is 0 Å². The first kappa shape index (κ1) is 10.5. The molecule has 0 aromatic carbocycles. The Morgan fingerprint density at radius 3 is 2.73 bits per heavy atom. The van der Waals surface area contributed by atoms with Crippen molar-refractivity contribution in [2.45, 2.75) is 45.1 Å². The predicted molar refractivity (Wildman–Crippen MR) is 48.7 cm³/mol. The first-order chi connectivity index (χ1) is 5.35. The van der Waals surface area contributed by atoms with Crippen LogP contribution in [0.1, 0.15) is 39.0 Å². The molecule has 11 heavy (non-hydrogen) atoms. The van der Waals surface area contributed by atoms with Gasteiger partial charge >= 0.3 is 0 Å². The SMILES string of the molecule is C#CCCC(CCCC)NN. The summed E-state index contributed by atoms with van der Waals surface area (Å²) in [6.45, 7) is 2.18. The number of nitrogens with two attached hydrogens (primary N) is 1. The van der Waals surface area contributed by atoms with E-state index in [0.29, 0.717) is 6.04 Å². The zero-order chi connectivity index (χ0) is 8.53. The fraction of sp³-hybridized carbons (Fsp3) is 0.778. The van der Waals surface area contributed by atoms with Gasteiger partial charge in [0, 0.05) is 12.5 Å². The summed E-state index contributed by atoms with van der Waals surface area (Å²) in [6, 6.07) is 0.408. The third-order valence-electron chi connectivity index (χ3n) is 1.78. The van der Waals surface area contributed by atoms with E-state index in [1.807, 2.05) is 0 Å². The maximum atomic E-state index is 5.34. The lowest BCUT2D eigenvalue weighted by atomic mass is 10.1. The fourth-order valence-electron chi connectivity index (χ4n) is 1.02. The first-order valence-corrected chi connectivity index (χ1v) is 4.24. The van der Waals surface area contributed by atoms with E-state index in [4.69, 9.17) is 12.3 Å². The number of unbranched alkanes of at least 4 members (excludes halogenated alkanes) is 1. The molecule has 1 atom stereocenters. The van der Waals surface area contributed by atoms with Crippen LogP contribution >= 0.6 is 0 Å². The third-order valence-corrected chi connectivity index (χ3v) is 1.78. The Labute approximate surface area is 69.5 Å². The zero-order valence-corrected chi connectivity index (χ0v) is 7.27. The minimum atomic E-state index is 0.408. The van der Waals surface area contributed by atoms with E-state index >= 15 is 0 Å². The van der Waals surface area contributed by atoms with Crippen LogP contribution in [0.3, 0.4) is 0 Å². The van der Waals surface area contributed by atoms with Crippen LogP contribution in [-0.2, 0) is 0 Å². The van der Waals surface area contributed by atoms with Crippen molar-refractivity contribution in [1.29, 1.82) is 0 Å². The molecule has 0 spiro atoms. The molecule has 1 unspecified atom stereocenters. The van der Waals surface area contributed by atoms with E-state index in [2.05, 4.69) is 18.3 Å². The fourth-order valence-corrected chi connectivity index (χ4v) is 1.02. The molecule has 0 heterocycles. The highest BCUT2D eigenvalue weighted by Crippen LogP contribution is 2.04. The van der Waals surface area contributed by atoms with E-state index in [1.165, 1.54) is 12.8 Å². The quantitative estimate of drug-likeness (QED) is 0.345. The Morgan fingerprint density at radius 2 is 2.27 bits per heavy atom. The van der Waals surface area contributed by atoms with Crippen molar-refractivity contribution >= 4 is 0 Å². The Bertz CT molecular complexity index is 115. The van der Waals surface area contributed by atoms with Gasteiger partial charge in [0.1, 0.15) is 0 Å². The summed E-state index contributed by atoms with van der Waals surface area (Å²) in [5.41, 5.74) is 2.78. The van der Waals surface area contributed by atoms with Gasteiger partial charge in [0.2, 0.25) is 0 Å². The summed E-state index contributed by atoms with van der Waals surface area (Å²) in [4.78, 5) is 0. The molecule has 2 nitrogen and oxygen atoms in total. The van der Waals surface area contributed by atoms with Crippen LogP contribution in [0.25, 0.3) is 0 Å². The second kappa shape index (κ2) is 7.59. The van der Waals surface area contributed by atoms with Crippen molar-refractivity contribution in [3.63, 3.8) is 0 Å². The number of hydrogen-bond acceptors (Lipinski definition) is 2. The molecule has 64 valence electrons. The minimum Gasteiger partial charge on any atom is -0.271 e. The Kier molecular flexibility index (Phi) is 7.23. The van der Waals surface area contributed by atoms with Crippen LogP contribution in [0.15, 0.2) is 0 Å².